The molecule has 0 aromatic heterocycles. The monoisotopic (exact) mass is 321 g/mol. The summed E-state index contributed by atoms with van der Waals surface area (Å²) in [7, 11) is 1.37. The highest BCUT2D eigenvalue weighted by atomic mass is 32.2. The number of carbonyl (C=O) groups excluding carboxylic acids is 2. The molecule has 0 spiro atoms. The number of primary amides is 1. The van der Waals surface area contributed by atoms with Crippen LogP contribution in [0, 0.1) is 11.3 Å². The maximum Gasteiger partial charge on any atom is 0.313 e. The number of thioether (sulfide) groups is 1. The summed E-state index contributed by atoms with van der Waals surface area (Å²) in [6.07, 6.45) is 0.639. The van der Waals surface area contributed by atoms with Gasteiger partial charge in [0.15, 0.2) is 0 Å². The van der Waals surface area contributed by atoms with Crippen molar-refractivity contribution in [2.75, 3.05) is 38.6 Å². The van der Waals surface area contributed by atoms with Crippen LogP contribution in [-0.4, -0.2) is 50.5 Å². The van der Waals surface area contributed by atoms with Gasteiger partial charge in [-0.15, -0.1) is 0 Å². The average molecular weight is 321 g/mol. The van der Waals surface area contributed by atoms with E-state index in [1.807, 2.05) is 6.92 Å². The second kappa shape index (κ2) is 10.9. The molecule has 2 unspecified atom stereocenters. The SMILES string of the molecule is CCC(C)(COCOCCSCC(C)C(N)=O)C(=O)OC. The average Bonchev–Trinajstić information content (AvgIpc) is 2.48. The first-order chi connectivity index (χ1) is 9.87. The number of ether oxygens (including phenoxy) is 3. The first kappa shape index (κ1) is 20.2. The molecule has 2 N–H and O–H groups in total. The summed E-state index contributed by atoms with van der Waals surface area (Å²) in [4.78, 5) is 22.4. The van der Waals surface area contributed by atoms with Crippen molar-refractivity contribution in [2.45, 2.75) is 27.2 Å². The number of rotatable bonds is 12. The van der Waals surface area contributed by atoms with E-state index in [1.54, 1.807) is 25.6 Å². The van der Waals surface area contributed by atoms with Crippen LogP contribution in [0.2, 0.25) is 0 Å². The maximum absolute atomic E-state index is 11.6. The van der Waals surface area contributed by atoms with Crippen LogP contribution in [0.3, 0.4) is 0 Å². The summed E-state index contributed by atoms with van der Waals surface area (Å²) < 4.78 is 15.4. The third kappa shape index (κ3) is 8.28. The van der Waals surface area contributed by atoms with Crippen LogP contribution >= 0.6 is 11.8 Å². The van der Waals surface area contributed by atoms with Crippen LogP contribution in [-0.2, 0) is 23.8 Å². The summed E-state index contributed by atoms with van der Waals surface area (Å²) in [5.74, 6) is 0.768. The molecule has 0 saturated heterocycles. The molecule has 0 saturated carbocycles. The Balaban J connectivity index is 3.64. The van der Waals surface area contributed by atoms with Gasteiger partial charge in [-0.25, -0.2) is 0 Å². The normalized spacial score (nSPS) is 15.2. The van der Waals surface area contributed by atoms with Gasteiger partial charge in [-0.1, -0.05) is 13.8 Å². The zero-order chi connectivity index (χ0) is 16.3. The molecule has 0 heterocycles. The molecule has 124 valence electrons. The highest BCUT2D eigenvalue weighted by Crippen LogP contribution is 2.23. The fourth-order valence-corrected chi connectivity index (χ4v) is 2.32. The van der Waals surface area contributed by atoms with Crippen molar-refractivity contribution in [3.05, 3.63) is 0 Å². The molecule has 0 aliphatic rings. The molecule has 1 amide bonds. The summed E-state index contributed by atoms with van der Waals surface area (Å²) in [6.45, 7) is 6.45. The Morgan fingerprint density at radius 1 is 1.33 bits per heavy atom. The second-order valence-corrected chi connectivity index (χ2v) is 6.31. The van der Waals surface area contributed by atoms with Gasteiger partial charge >= 0.3 is 5.97 Å². The fourth-order valence-electron chi connectivity index (χ4n) is 1.40. The number of carbonyl (C=O) groups is 2. The fraction of sp³-hybridized carbons (Fsp3) is 0.857. The zero-order valence-electron chi connectivity index (χ0n) is 13.3. The number of nitrogens with two attached hydrogens (primary N) is 1. The van der Waals surface area contributed by atoms with Crippen molar-refractivity contribution in [1.29, 1.82) is 0 Å². The highest BCUT2D eigenvalue weighted by Gasteiger charge is 2.32. The van der Waals surface area contributed by atoms with Crippen LogP contribution in [0.4, 0.5) is 0 Å². The number of amides is 1. The molecule has 6 nitrogen and oxygen atoms in total. The van der Waals surface area contributed by atoms with Gasteiger partial charge in [0, 0.05) is 17.4 Å². The van der Waals surface area contributed by atoms with E-state index in [2.05, 4.69) is 0 Å². The molecule has 0 radical (unpaired) electrons. The lowest BCUT2D eigenvalue weighted by atomic mass is 9.89. The topological polar surface area (TPSA) is 87.9 Å². The molecule has 0 rings (SSSR count). The van der Waals surface area contributed by atoms with E-state index in [-0.39, 0.29) is 31.2 Å². The van der Waals surface area contributed by atoms with Gasteiger partial charge in [0.1, 0.15) is 6.79 Å². The minimum absolute atomic E-state index is 0.128. The molecule has 0 aromatic carbocycles. The molecule has 0 bridgehead atoms. The number of hydrogen-bond donors (Lipinski definition) is 1. The molecular weight excluding hydrogens is 294 g/mol. The van der Waals surface area contributed by atoms with Crippen molar-refractivity contribution in [3.63, 3.8) is 0 Å². The number of esters is 1. The van der Waals surface area contributed by atoms with Gasteiger partial charge < -0.3 is 19.9 Å². The second-order valence-electron chi connectivity index (χ2n) is 5.16. The minimum Gasteiger partial charge on any atom is -0.469 e. The molecule has 2 atom stereocenters. The summed E-state index contributed by atoms with van der Waals surface area (Å²) in [5, 5.41) is 0. The lowest BCUT2D eigenvalue weighted by Crippen LogP contribution is -2.33. The van der Waals surface area contributed by atoms with Crippen LogP contribution in [0.5, 0.6) is 0 Å². The highest BCUT2D eigenvalue weighted by molar-refractivity contribution is 7.99. The van der Waals surface area contributed by atoms with Crippen LogP contribution < -0.4 is 5.73 Å². The summed E-state index contributed by atoms with van der Waals surface area (Å²) >= 11 is 1.61. The molecule has 0 aromatic rings. The molecule has 7 heteroatoms. The van der Waals surface area contributed by atoms with E-state index in [4.69, 9.17) is 19.9 Å². The van der Waals surface area contributed by atoms with Crippen molar-refractivity contribution in [1.82, 2.24) is 0 Å². The molecule has 21 heavy (non-hydrogen) atoms. The number of methoxy groups -OCH3 is 1. The Bertz CT molecular complexity index is 326. The quantitative estimate of drug-likeness (QED) is 0.332. The van der Waals surface area contributed by atoms with Crippen molar-refractivity contribution in [2.24, 2.45) is 17.1 Å². The van der Waals surface area contributed by atoms with Crippen molar-refractivity contribution < 1.29 is 23.8 Å². The van der Waals surface area contributed by atoms with E-state index < -0.39 is 5.41 Å². The third-order valence-corrected chi connectivity index (χ3v) is 4.46. The minimum atomic E-state index is -0.635. The summed E-state index contributed by atoms with van der Waals surface area (Å²) in [5.41, 5.74) is 4.53. The van der Waals surface area contributed by atoms with Crippen LogP contribution in [0.25, 0.3) is 0 Å². The van der Waals surface area contributed by atoms with Gasteiger partial charge in [0.25, 0.3) is 0 Å². The van der Waals surface area contributed by atoms with E-state index in [1.165, 1.54) is 7.11 Å². The smallest absolute Gasteiger partial charge is 0.313 e. The largest absolute Gasteiger partial charge is 0.469 e. The first-order valence-corrected chi connectivity index (χ1v) is 8.13. The van der Waals surface area contributed by atoms with Crippen molar-refractivity contribution >= 4 is 23.6 Å². The molecular formula is C14H27NO5S. The lowest BCUT2D eigenvalue weighted by Gasteiger charge is -2.24. The van der Waals surface area contributed by atoms with Gasteiger partial charge in [-0.3, -0.25) is 9.59 Å². The standard InChI is InChI=1S/C14H27NO5S/c1-5-14(3,13(17)18-4)9-20-10-19-6-7-21-8-11(2)12(15)16/h11H,5-10H2,1-4H3,(H2,15,16). The van der Waals surface area contributed by atoms with Gasteiger partial charge in [0.05, 0.1) is 25.7 Å². The molecule has 0 aliphatic heterocycles. The predicted molar refractivity (Wildman–Crippen MR) is 82.9 cm³/mol. The first-order valence-electron chi connectivity index (χ1n) is 6.98. The Morgan fingerprint density at radius 2 is 2.00 bits per heavy atom. The van der Waals surface area contributed by atoms with Gasteiger partial charge in [-0.05, 0) is 13.3 Å². The number of hydrogen-bond acceptors (Lipinski definition) is 6. The van der Waals surface area contributed by atoms with E-state index in [0.717, 1.165) is 5.75 Å². The van der Waals surface area contributed by atoms with Crippen LogP contribution in [0.1, 0.15) is 27.2 Å². The molecule has 0 fully saturated rings. The zero-order valence-corrected chi connectivity index (χ0v) is 14.2. The Labute approximate surface area is 131 Å². The van der Waals surface area contributed by atoms with Gasteiger partial charge in [-0.2, -0.15) is 11.8 Å². The maximum atomic E-state index is 11.6. The van der Waals surface area contributed by atoms with E-state index in [0.29, 0.717) is 18.8 Å². The Kier molecular flexibility index (Phi) is 10.5. The van der Waals surface area contributed by atoms with Crippen LogP contribution in [0.15, 0.2) is 0 Å². The van der Waals surface area contributed by atoms with Gasteiger partial charge in [0.2, 0.25) is 5.91 Å². The lowest BCUT2D eigenvalue weighted by molar-refractivity contribution is -0.159. The third-order valence-electron chi connectivity index (χ3n) is 3.27. The van der Waals surface area contributed by atoms with E-state index >= 15 is 0 Å². The van der Waals surface area contributed by atoms with Crippen molar-refractivity contribution in [3.8, 4) is 0 Å². The summed E-state index contributed by atoms with van der Waals surface area (Å²) in [6, 6.07) is 0. The Hall–Kier alpha value is -0.790. The Morgan fingerprint density at radius 3 is 2.52 bits per heavy atom. The predicted octanol–water partition coefficient (Wildman–Crippen LogP) is 1.42. The van der Waals surface area contributed by atoms with E-state index in [9.17, 15) is 9.59 Å². The molecule has 0 aliphatic carbocycles.